The van der Waals surface area contributed by atoms with Crippen LogP contribution < -0.4 is 5.73 Å². The lowest BCUT2D eigenvalue weighted by atomic mass is 10.2. The van der Waals surface area contributed by atoms with Crippen LogP contribution in [0.2, 0.25) is 0 Å². The largest absolute Gasteiger partial charge is 0.394 e. The lowest BCUT2D eigenvalue weighted by molar-refractivity contribution is -0.0205. The van der Waals surface area contributed by atoms with Crippen molar-refractivity contribution < 1.29 is 9.84 Å². The van der Waals surface area contributed by atoms with Crippen LogP contribution in [0.25, 0.3) is 11.0 Å². The molecule has 102 valence electrons. The molecule has 0 amide bonds. The first kappa shape index (κ1) is 12.4. The number of hydrogen-bond donors (Lipinski definition) is 2. The van der Waals surface area contributed by atoms with Crippen molar-refractivity contribution in [3.63, 3.8) is 0 Å². The van der Waals surface area contributed by atoms with Gasteiger partial charge in [-0.25, -0.2) is 9.97 Å². The number of aryl methyl sites for hydroxylation is 1. The maximum Gasteiger partial charge on any atom is 0.147 e. The predicted molar refractivity (Wildman–Crippen MR) is 71.5 cm³/mol. The summed E-state index contributed by atoms with van der Waals surface area (Å²) in [5.74, 6) is 0.511. The molecule has 6 nitrogen and oxygen atoms in total. The standard InChI is InChI=1S/C13H18N4O2/c1-2-8-5-17(10-4-3-9(6-18)19-10)13-11(8)12(14)15-7-16-13/h5,7,9-10,18H,2-4,6H2,1H3,(H2,14,15,16). The number of ether oxygens (including phenoxy) is 1. The molecule has 2 atom stereocenters. The topological polar surface area (TPSA) is 86.2 Å². The Morgan fingerprint density at radius 1 is 1.47 bits per heavy atom. The third-order valence-corrected chi connectivity index (χ3v) is 3.70. The Bertz CT molecular complexity index is 596. The molecule has 1 aliphatic rings. The van der Waals surface area contributed by atoms with Gasteiger partial charge < -0.3 is 20.1 Å². The van der Waals surface area contributed by atoms with Gasteiger partial charge in [0.05, 0.1) is 18.1 Å². The van der Waals surface area contributed by atoms with Crippen molar-refractivity contribution in [3.05, 3.63) is 18.1 Å². The summed E-state index contributed by atoms with van der Waals surface area (Å²) >= 11 is 0. The molecule has 0 saturated carbocycles. The van der Waals surface area contributed by atoms with Crippen molar-refractivity contribution >= 4 is 16.9 Å². The van der Waals surface area contributed by atoms with Gasteiger partial charge in [0, 0.05) is 6.20 Å². The van der Waals surface area contributed by atoms with Crippen molar-refractivity contribution in [1.29, 1.82) is 0 Å². The highest BCUT2D eigenvalue weighted by molar-refractivity contribution is 5.89. The fraction of sp³-hybridized carbons (Fsp3) is 0.538. The van der Waals surface area contributed by atoms with Gasteiger partial charge in [-0.1, -0.05) is 6.92 Å². The second-order valence-corrected chi connectivity index (χ2v) is 4.85. The summed E-state index contributed by atoms with van der Waals surface area (Å²) in [6.45, 7) is 2.14. The SMILES string of the molecule is CCc1cn(C2CCC(CO)O2)c2ncnc(N)c12. The van der Waals surface area contributed by atoms with Gasteiger partial charge in [-0.2, -0.15) is 0 Å². The molecule has 1 aliphatic heterocycles. The Morgan fingerprint density at radius 2 is 2.32 bits per heavy atom. The summed E-state index contributed by atoms with van der Waals surface area (Å²) in [6, 6.07) is 0. The third kappa shape index (κ3) is 1.97. The molecule has 1 fully saturated rings. The van der Waals surface area contributed by atoms with E-state index in [9.17, 15) is 0 Å². The molecule has 2 aromatic heterocycles. The molecule has 0 aliphatic carbocycles. The fourth-order valence-electron chi connectivity index (χ4n) is 2.70. The van der Waals surface area contributed by atoms with Gasteiger partial charge in [0.2, 0.25) is 0 Å². The molecule has 19 heavy (non-hydrogen) atoms. The molecule has 3 heterocycles. The van der Waals surface area contributed by atoms with Crippen LogP contribution in [0.5, 0.6) is 0 Å². The summed E-state index contributed by atoms with van der Waals surface area (Å²) in [5.41, 5.74) is 7.89. The third-order valence-electron chi connectivity index (χ3n) is 3.70. The minimum atomic E-state index is -0.0771. The second-order valence-electron chi connectivity index (χ2n) is 4.85. The number of aliphatic hydroxyl groups excluding tert-OH is 1. The highest BCUT2D eigenvalue weighted by Gasteiger charge is 2.28. The minimum absolute atomic E-state index is 0.0630. The Hall–Kier alpha value is -1.66. The van der Waals surface area contributed by atoms with Crippen molar-refractivity contribution in [2.45, 2.75) is 38.5 Å². The maximum atomic E-state index is 9.16. The first-order chi connectivity index (χ1) is 9.24. The molecule has 0 aromatic carbocycles. The fourth-order valence-corrected chi connectivity index (χ4v) is 2.70. The quantitative estimate of drug-likeness (QED) is 0.869. The van der Waals surface area contributed by atoms with E-state index in [2.05, 4.69) is 16.9 Å². The molecule has 0 spiro atoms. The van der Waals surface area contributed by atoms with Gasteiger partial charge in [0.15, 0.2) is 0 Å². The van der Waals surface area contributed by atoms with Crippen LogP contribution in [0.3, 0.4) is 0 Å². The normalized spacial score (nSPS) is 23.3. The monoisotopic (exact) mass is 262 g/mol. The summed E-state index contributed by atoms with van der Waals surface area (Å²) in [7, 11) is 0. The van der Waals surface area contributed by atoms with Gasteiger partial charge in [-0.15, -0.1) is 0 Å². The summed E-state index contributed by atoms with van der Waals surface area (Å²) in [5, 5.41) is 10.1. The maximum absolute atomic E-state index is 9.16. The molecule has 6 heteroatoms. The average Bonchev–Trinajstić information content (AvgIpc) is 3.02. The van der Waals surface area contributed by atoms with E-state index >= 15 is 0 Å². The number of nitrogens with zero attached hydrogens (tertiary/aromatic N) is 3. The van der Waals surface area contributed by atoms with E-state index in [4.69, 9.17) is 15.6 Å². The summed E-state index contributed by atoms with van der Waals surface area (Å²) in [4.78, 5) is 8.39. The van der Waals surface area contributed by atoms with Crippen molar-refractivity contribution in [2.24, 2.45) is 0 Å². The Labute approximate surface area is 111 Å². The first-order valence-corrected chi connectivity index (χ1v) is 6.60. The molecular formula is C13H18N4O2. The lowest BCUT2D eigenvalue weighted by Crippen LogP contribution is -2.14. The van der Waals surface area contributed by atoms with Crippen molar-refractivity contribution in [3.8, 4) is 0 Å². The van der Waals surface area contributed by atoms with Crippen LogP contribution in [0, 0.1) is 0 Å². The molecular weight excluding hydrogens is 244 g/mol. The van der Waals surface area contributed by atoms with Crippen LogP contribution in [0.1, 0.15) is 31.6 Å². The number of nitrogens with two attached hydrogens (primary N) is 1. The van der Waals surface area contributed by atoms with E-state index < -0.39 is 0 Å². The lowest BCUT2D eigenvalue weighted by Gasteiger charge is -2.14. The van der Waals surface area contributed by atoms with Gasteiger partial charge in [0.25, 0.3) is 0 Å². The Kier molecular flexibility index (Phi) is 3.12. The van der Waals surface area contributed by atoms with Gasteiger partial charge >= 0.3 is 0 Å². The number of rotatable bonds is 3. The summed E-state index contributed by atoms with van der Waals surface area (Å²) in [6.07, 6.45) is 5.98. The van der Waals surface area contributed by atoms with Gasteiger partial charge in [-0.3, -0.25) is 0 Å². The predicted octanol–water partition coefficient (Wildman–Crippen LogP) is 1.25. The number of hydrogen-bond acceptors (Lipinski definition) is 5. The van der Waals surface area contributed by atoms with Crippen LogP contribution in [-0.4, -0.2) is 32.4 Å². The Morgan fingerprint density at radius 3 is 3.00 bits per heavy atom. The van der Waals surface area contributed by atoms with Crippen LogP contribution in [0.15, 0.2) is 12.5 Å². The molecule has 3 N–H and O–H groups in total. The second kappa shape index (κ2) is 4.79. The van der Waals surface area contributed by atoms with Crippen LogP contribution in [-0.2, 0) is 11.2 Å². The smallest absolute Gasteiger partial charge is 0.147 e. The highest BCUT2D eigenvalue weighted by Crippen LogP contribution is 2.33. The molecule has 0 radical (unpaired) electrons. The van der Waals surface area contributed by atoms with Crippen LogP contribution >= 0.6 is 0 Å². The number of anilines is 1. The number of aromatic nitrogens is 3. The minimum Gasteiger partial charge on any atom is -0.394 e. The molecule has 1 saturated heterocycles. The number of aliphatic hydroxyl groups is 1. The van der Waals surface area contributed by atoms with Crippen LogP contribution in [0.4, 0.5) is 5.82 Å². The van der Waals surface area contributed by atoms with Gasteiger partial charge in [-0.05, 0) is 24.8 Å². The molecule has 3 rings (SSSR count). The Balaban J connectivity index is 2.07. The zero-order valence-corrected chi connectivity index (χ0v) is 10.9. The van der Waals surface area contributed by atoms with E-state index in [1.165, 1.54) is 6.33 Å². The van der Waals surface area contributed by atoms with Gasteiger partial charge in [0.1, 0.15) is 24.0 Å². The number of nitrogen functional groups attached to an aromatic ring is 1. The van der Waals surface area contributed by atoms with E-state index in [0.717, 1.165) is 35.9 Å². The van der Waals surface area contributed by atoms with E-state index in [-0.39, 0.29) is 18.9 Å². The zero-order valence-electron chi connectivity index (χ0n) is 10.9. The highest BCUT2D eigenvalue weighted by atomic mass is 16.5. The zero-order chi connectivity index (χ0) is 13.4. The van der Waals surface area contributed by atoms with Crippen molar-refractivity contribution in [1.82, 2.24) is 14.5 Å². The van der Waals surface area contributed by atoms with E-state index in [1.807, 2.05) is 10.8 Å². The average molecular weight is 262 g/mol. The van der Waals surface area contributed by atoms with E-state index in [0.29, 0.717) is 5.82 Å². The molecule has 2 unspecified atom stereocenters. The summed E-state index contributed by atoms with van der Waals surface area (Å²) < 4.78 is 7.83. The van der Waals surface area contributed by atoms with Crippen molar-refractivity contribution in [2.75, 3.05) is 12.3 Å². The number of fused-ring (bicyclic) bond motifs is 1. The first-order valence-electron chi connectivity index (χ1n) is 6.60. The molecule has 0 bridgehead atoms. The van der Waals surface area contributed by atoms with E-state index in [1.54, 1.807) is 0 Å². The molecule has 2 aromatic rings.